The number of carbonyl (C=O) groups is 1. The Bertz CT molecular complexity index is 613. The number of esters is 1. The van der Waals surface area contributed by atoms with Crippen LogP contribution in [0, 0.1) is 0 Å². The summed E-state index contributed by atoms with van der Waals surface area (Å²) in [5.74, 6) is -0.430. The second-order valence-corrected chi connectivity index (χ2v) is 3.53. The van der Waals surface area contributed by atoms with Crippen molar-refractivity contribution in [1.82, 2.24) is 4.57 Å². The van der Waals surface area contributed by atoms with Crippen molar-refractivity contribution in [1.29, 1.82) is 0 Å². The van der Waals surface area contributed by atoms with Crippen LogP contribution in [0.2, 0.25) is 0 Å². The molecule has 4 heteroatoms. The van der Waals surface area contributed by atoms with Gasteiger partial charge in [0.15, 0.2) is 5.75 Å². The predicted molar refractivity (Wildman–Crippen MR) is 60.5 cm³/mol. The predicted octanol–water partition coefficient (Wildman–Crippen LogP) is 1.46. The fourth-order valence-corrected chi connectivity index (χ4v) is 1.62. The molecule has 2 rings (SSSR count). The van der Waals surface area contributed by atoms with Crippen molar-refractivity contribution in [2.75, 3.05) is 0 Å². The Kier molecular flexibility index (Phi) is 2.48. The Morgan fingerprint density at radius 1 is 1.31 bits per heavy atom. The van der Waals surface area contributed by atoms with Crippen molar-refractivity contribution >= 4 is 16.9 Å². The lowest BCUT2D eigenvalue weighted by atomic mass is 10.2. The second kappa shape index (κ2) is 3.81. The number of aryl methyl sites for hydroxylation is 1. The number of rotatable bonds is 1. The maximum Gasteiger partial charge on any atom is 0.308 e. The van der Waals surface area contributed by atoms with Crippen molar-refractivity contribution < 1.29 is 9.53 Å². The van der Waals surface area contributed by atoms with Crippen molar-refractivity contribution in [3.8, 4) is 5.75 Å². The van der Waals surface area contributed by atoms with Gasteiger partial charge in [-0.3, -0.25) is 9.59 Å². The Hall–Kier alpha value is -2.10. The maximum absolute atomic E-state index is 11.8. The van der Waals surface area contributed by atoms with Crippen LogP contribution in [-0.2, 0) is 11.8 Å². The number of hydrogen-bond donors (Lipinski definition) is 0. The summed E-state index contributed by atoms with van der Waals surface area (Å²) >= 11 is 0. The molecule has 0 saturated carbocycles. The van der Waals surface area contributed by atoms with Crippen molar-refractivity contribution in [3.05, 3.63) is 40.7 Å². The number of hydrogen-bond acceptors (Lipinski definition) is 3. The number of para-hydroxylation sites is 1. The van der Waals surface area contributed by atoms with Crippen molar-refractivity contribution in [2.24, 2.45) is 7.05 Å². The van der Waals surface area contributed by atoms with E-state index in [1.807, 2.05) is 24.3 Å². The summed E-state index contributed by atoms with van der Waals surface area (Å²) in [6.07, 6.45) is 0. The fourth-order valence-electron chi connectivity index (χ4n) is 1.62. The number of carbonyl (C=O) groups excluding carboxylic acids is 1. The number of benzene rings is 1. The number of ether oxygens (including phenoxy) is 1. The molecule has 0 fully saturated rings. The standard InChI is InChI=1S/C12H11NO3/c1-8(14)16-11-7-9-5-3-4-6-10(9)13(2)12(11)15/h3-7H,1-2H3. The molecule has 0 aliphatic rings. The Labute approximate surface area is 92.1 Å². The molecule has 1 heterocycles. The molecule has 0 saturated heterocycles. The lowest BCUT2D eigenvalue weighted by Gasteiger charge is -2.07. The quantitative estimate of drug-likeness (QED) is 0.679. The van der Waals surface area contributed by atoms with Gasteiger partial charge in [-0.05, 0) is 12.1 Å². The molecular weight excluding hydrogens is 206 g/mol. The summed E-state index contributed by atoms with van der Waals surface area (Å²) in [5.41, 5.74) is 0.498. The molecule has 82 valence electrons. The molecule has 1 aromatic carbocycles. The first kappa shape index (κ1) is 10.4. The Morgan fingerprint density at radius 2 is 2.00 bits per heavy atom. The highest BCUT2D eigenvalue weighted by atomic mass is 16.5. The van der Waals surface area contributed by atoms with Gasteiger partial charge in [-0.2, -0.15) is 0 Å². The zero-order valence-electron chi connectivity index (χ0n) is 9.06. The van der Waals surface area contributed by atoms with E-state index in [-0.39, 0.29) is 11.3 Å². The highest BCUT2D eigenvalue weighted by Gasteiger charge is 2.08. The van der Waals surface area contributed by atoms with Gasteiger partial charge in [0, 0.05) is 19.4 Å². The van der Waals surface area contributed by atoms with Gasteiger partial charge in [0.1, 0.15) is 0 Å². The lowest BCUT2D eigenvalue weighted by molar-refractivity contribution is -0.131. The first-order chi connectivity index (χ1) is 7.59. The molecule has 0 amide bonds. The molecule has 0 unspecified atom stereocenters. The highest BCUT2D eigenvalue weighted by Crippen LogP contribution is 2.16. The Morgan fingerprint density at radius 3 is 2.69 bits per heavy atom. The fraction of sp³-hybridized carbons (Fsp3) is 0.167. The summed E-state index contributed by atoms with van der Waals surface area (Å²) in [6, 6.07) is 9.01. The van der Waals surface area contributed by atoms with Crippen LogP contribution in [0.4, 0.5) is 0 Å². The average Bonchev–Trinajstić information content (AvgIpc) is 2.25. The summed E-state index contributed by atoms with van der Waals surface area (Å²) in [7, 11) is 1.65. The molecule has 2 aromatic rings. The van der Waals surface area contributed by atoms with Gasteiger partial charge in [0.25, 0.3) is 5.56 Å². The van der Waals surface area contributed by atoms with Crippen LogP contribution in [-0.4, -0.2) is 10.5 Å². The van der Waals surface area contributed by atoms with E-state index in [1.165, 1.54) is 11.5 Å². The molecule has 0 N–H and O–H groups in total. The lowest BCUT2D eigenvalue weighted by Crippen LogP contribution is -2.20. The molecule has 16 heavy (non-hydrogen) atoms. The van der Waals surface area contributed by atoms with Gasteiger partial charge in [0.05, 0.1) is 5.52 Å². The monoisotopic (exact) mass is 217 g/mol. The molecule has 0 aliphatic carbocycles. The molecule has 0 spiro atoms. The van der Waals surface area contributed by atoms with Crippen LogP contribution in [0.15, 0.2) is 35.1 Å². The van der Waals surface area contributed by atoms with E-state index < -0.39 is 5.97 Å². The van der Waals surface area contributed by atoms with Crippen LogP contribution in [0.25, 0.3) is 10.9 Å². The van der Waals surface area contributed by atoms with E-state index in [1.54, 1.807) is 13.1 Å². The average molecular weight is 217 g/mol. The van der Waals surface area contributed by atoms with Crippen molar-refractivity contribution in [3.63, 3.8) is 0 Å². The zero-order valence-corrected chi connectivity index (χ0v) is 9.06. The van der Waals surface area contributed by atoms with Crippen LogP contribution in [0.5, 0.6) is 5.75 Å². The van der Waals surface area contributed by atoms with Crippen LogP contribution >= 0.6 is 0 Å². The zero-order chi connectivity index (χ0) is 11.7. The largest absolute Gasteiger partial charge is 0.421 e. The number of aromatic nitrogens is 1. The number of nitrogens with zero attached hydrogens (tertiary/aromatic N) is 1. The molecular formula is C12H11NO3. The normalized spacial score (nSPS) is 10.4. The smallest absolute Gasteiger partial charge is 0.308 e. The highest BCUT2D eigenvalue weighted by molar-refractivity contribution is 5.81. The minimum absolute atomic E-state index is 0.0636. The van der Waals surface area contributed by atoms with E-state index in [2.05, 4.69) is 0 Å². The van der Waals surface area contributed by atoms with Crippen LogP contribution < -0.4 is 10.3 Å². The number of fused-ring (bicyclic) bond motifs is 1. The number of pyridine rings is 1. The van der Waals surface area contributed by atoms with Gasteiger partial charge < -0.3 is 9.30 Å². The minimum atomic E-state index is -0.493. The second-order valence-electron chi connectivity index (χ2n) is 3.53. The first-order valence-corrected chi connectivity index (χ1v) is 4.87. The SMILES string of the molecule is CC(=O)Oc1cc2ccccc2n(C)c1=O. The van der Waals surface area contributed by atoms with Gasteiger partial charge in [-0.1, -0.05) is 18.2 Å². The summed E-state index contributed by atoms with van der Waals surface area (Å²) in [5, 5.41) is 0.862. The van der Waals surface area contributed by atoms with E-state index in [9.17, 15) is 9.59 Å². The molecule has 0 atom stereocenters. The summed E-state index contributed by atoms with van der Waals surface area (Å²) in [4.78, 5) is 22.6. The topological polar surface area (TPSA) is 48.3 Å². The summed E-state index contributed by atoms with van der Waals surface area (Å²) in [6.45, 7) is 1.27. The van der Waals surface area contributed by atoms with Gasteiger partial charge in [-0.25, -0.2) is 0 Å². The third-order valence-electron chi connectivity index (χ3n) is 2.35. The van der Waals surface area contributed by atoms with E-state index in [4.69, 9.17) is 4.74 Å². The van der Waals surface area contributed by atoms with Crippen LogP contribution in [0.1, 0.15) is 6.92 Å². The third-order valence-corrected chi connectivity index (χ3v) is 2.35. The van der Waals surface area contributed by atoms with E-state index in [0.717, 1.165) is 10.9 Å². The third kappa shape index (κ3) is 1.69. The van der Waals surface area contributed by atoms with Gasteiger partial charge >= 0.3 is 5.97 Å². The van der Waals surface area contributed by atoms with Gasteiger partial charge in [-0.15, -0.1) is 0 Å². The Balaban J connectivity index is 2.74. The van der Waals surface area contributed by atoms with Crippen molar-refractivity contribution in [2.45, 2.75) is 6.92 Å². The van der Waals surface area contributed by atoms with E-state index in [0.29, 0.717) is 0 Å². The van der Waals surface area contributed by atoms with E-state index >= 15 is 0 Å². The molecule has 0 radical (unpaired) electrons. The molecule has 4 nitrogen and oxygen atoms in total. The van der Waals surface area contributed by atoms with Gasteiger partial charge in [0.2, 0.25) is 0 Å². The molecule has 0 aliphatic heterocycles. The summed E-state index contributed by atoms with van der Waals surface area (Å²) < 4.78 is 6.33. The first-order valence-electron chi connectivity index (χ1n) is 4.87. The maximum atomic E-state index is 11.8. The van der Waals surface area contributed by atoms with Crippen LogP contribution in [0.3, 0.4) is 0 Å². The molecule has 0 bridgehead atoms. The minimum Gasteiger partial charge on any atom is -0.421 e. The molecule has 1 aromatic heterocycles.